The molecule has 0 unspecified atom stereocenters. The smallest absolute Gasteiger partial charge is 0.260 e. The molecule has 0 radical (unpaired) electrons. The molecule has 5 nitrogen and oxygen atoms in total. The molecule has 1 aromatic carbocycles. The Labute approximate surface area is 142 Å². The molecule has 1 saturated heterocycles. The van der Waals surface area contributed by atoms with E-state index in [1.807, 2.05) is 43.0 Å². The van der Waals surface area contributed by atoms with Crippen LogP contribution in [0.2, 0.25) is 0 Å². The molecule has 1 fully saturated rings. The van der Waals surface area contributed by atoms with E-state index in [-0.39, 0.29) is 12.5 Å². The van der Waals surface area contributed by atoms with E-state index in [1.165, 1.54) is 12.0 Å². The van der Waals surface area contributed by atoms with Gasteiger partial charge < -0.3 is 9.64 Å². The minimum absolute atomic E-state index is 0.0304. The first-order chi connectivity index (χ1) is 11.6. The van der Waals surface area contributed by atoms with E-state index in [1.54, 1.807) is 6.07 Å². The first-order valence-corrected chi connectivity index (χ1v) is 8.45. The van der Waals surface area contributed by atoms with Gasteiger partial charge in [-0.15, -0.1) is 0 Å². The van der Waals surface area contributed by atoms with E-state index in [0.29, 0.717) is 11.7 Å². The predicted octanol–water partition coefficient (Wildman–Crippen LogP) is 3.15. The third-order valence-corrected chi connectivity index (χ3v) is 4.19. The quantitative estimate of drug-likeness (QED) is 0.866. The molecule has 0 saturated carbocycles. The maximum absolute atomic E-state index is 12.2. The van der Waals surface area contributed by atoms with Gasteiger partial charge in [0.2, 0.25) is 5.88 Å². The summed E-state index contributed by atoms with van der Waals surface area (Å²) in [5, 5.41) is 0. The third kappa shape index (κ3) is 4.10. The highest BCUT2D eigenvalue weighted by molar-refractivity contribution is 5.77. The number of amides is 1. The lowest BCUT2D eigenvalue weighted by molar-refractivity contribution is -0.134. The third-order valence-electron chi connectivity index (χ3n) is 4.19. The molecule has 5 heteroatoms. The van der Waals surface area contributed by atoms with E-state index in [0.717, 1.165) is 37.2 Å². The molecule has 24 heavy (non-hydrogen) atoms. The summed E-state index contributed by atoms with van der Waals surface area (Å²) in [7, 11) is 0. The lowest BCUT2D eigenvalue weighted by atomic mass is 10.1. The Morgan fingerprint density at radius 3 is 2.50 bits per heavy atom. The molecular formula is C19H23N3O2. The Morgan fingerprint density at radius 1 is 1.08 bits per heavy atom. The van der Waals surface area contributed by atoms with Gasteiger partial charge >= 0.3 is 0 Å². The van der Waals surface area contributed by atoms with Gasteiger partial charge in [0.05, 0.1) is 0 Å². The zero-order valence-corrected chi connectivity index (χ0v) is 14.3. The SMILES string of the molecule is Cc1ccc(-c2nc(C)cc(OCC(=O)N3CCCCC3)n2)cc1. The molecule has 0 bridgehead atoms. The highest BCUT2D eigenvalue weighted by atomic mass is 16.5. The van der Waals surface area contributed by atoms with Gasteiger partial charge in [0.25, 0.3) is 5.91 Å². The van der Waals surface area contributed by atoms with Gasteiger partial charge in [-0.3, -0.25) is 4.79 Å². The van der Waals surface area contributed by atoms with Gasteiger partial charge in [0.15, 0.2) is 12.4 Å². The number of ether oxygens (including phenoxy) is 1. The maximum atomic E-state index is 12.2. The summed E-state index contributed by atoms with van der Waals surface area (Å²) in [6.45, 7) is 5.64. The molecule has 2 aromatic rings. The van der Waals surface area contributed by atoms with Crippen LogP contribution in [0, 0.1) is 13.8 Å². The molecule has 1 amide bonds. The summed E-state index contributed by atoms with van der Waals surface area (Å²) in [4.78, 5) is 23.0. The van der Waals surface area contributed by atoms with Crippen molar-refractivity contribution in [2.45, 2.75) is 33.1 Å². The molecule has 0 aliphatic carbocycles. The average molecular weight is 325 g/mol. The number of benzene rings is 1. The summed E-state index contributed by atoms with van der Waals surface area (Å²) < 4.78 is 5.65. The number of aromatic nitrogens is 2. The van der Waals surface area contributed by atoms with E-state index < -0.39 is 0 Å². The van der Waals surface area contributed by atoms with Gasteiger partial charge in [-0.05, 0) is 33.1 Å². The van der Waals surface area contributed by atoms with Gasteiger partial charge in [-0.2, -0.15) is 4.98 Å². The molecule has 1 aliphatic heterocycles. The number of rotatable bonds is 4. The Morgan fingerprint density at radius 2 is 1.79 bits per heavy atom. The molecule has 126 valence electrons. The first kappa shape index (κ1) is 16.4. The van der Waals surface area contributed by atoms with Crippen LogP contribution in [0.15, 0.2) is 30.3 Å². The van der Waals surface area contributed by atoms with Crippen molar-refractivity contribution >= 4 is 5.91 Å². The van der Waals surface area contributed by atoms with Gasteiger partial charge in [-0.25, -0.2) is 4.98 Å². The van der Waals surface area contributed by atoms with Crippen LogP contribution in [0.5, 0.6) is 5.88 Å². The molecule has 0 spiro atoms. The monoisotopic (exact) mass is 325 g/mol. The minimum Gasteiger partial charge on any atom is -0.467 e. The number of hydrogen-bond donors (Lipinski definition) is 0. The van der Waals surface area contributed by atoms with Crippen LogP contribution in [0.25, 0.3) is 11.4 Å². The number of hydrogen-bond acceptors (Lipinski definition) is 4. The number of likely N-dealkylation sites (tertiary alicyclic amines) is 1. The summed E-state index contributed by atoms with van der Waals surface area (Å²) in [6, 6.07) is 9.81. The van der Waals surface area contributed by atoms with Crippen molar-refractivity contribution in [2.75, 3.05) is 19.7 Å². The van der Waals surface area contributed by atoms with Crippen molar-refractivity contribution in [2.24, 2.45) is 0 Å². The second-order valence-electron chi connectivity index (χ2n) is 6.27. The lowest BCUT2D eigenvalue weighted by Gasteiger charge is -2.26. The Bertz CT molecular complexity index is 707. The molecule has 1 aliphatic rings. The van der Waals surface area contributed by atoms with Crippen molar-refractivity contribution in [3.8, 4) is 17.3 Å². The molecule has 2 heterocycles. The van der Waals surface area contributed by atoms with Crippen molar-refractivity contribution in [3.05, 3.63) is 41.6 Å². The molecular weight excluding hydrogens is 302 g/mol. The Kier molecular flexibility index (Phi) is 5.08. The second kappa shape index (κ2) is 7.43. The average Bonchev–Trinajstić information content (AvgIpc) is 2.60. The number of nitrogens with zero attached hydrogens (tertiary/aromatic N) is 3. The van der Waals surface area contributed by atoms with Gasteiger partial charge in [0.1, 0.15) is 0 Å². The number of aryl methyl sites for hydroxylation is 2. The van der Waals surface area contributed by atoms with Crippen LogP contribution in [0.4, 0.5) is 0 Å². The first-order valence-electron chi connectivity index (χ1n) is 8.45. The Hall–Kier alpha value is -2.43. The summed E-state index contributed by atoms with van der Waals surface area (Å²) in [5.41, 5.74) is 2.95. The normalized spacial score (nSPS) is 14.5. The lowest BCUT2D eigenvalue weighted by Crippen LogP contribution is -2.38. The highest BCUT2D eigenvalue weighted by Gasteiger charge is 2.17. The van der Waals surface area contributed by atoms with Crippen molar-refractivity contribution < 1.29 is 9.53 Å². The standard InChI is InChI=1S/C19H23N3O2/c1-14-6-8-16(9-7-14)19-20-15(2)12-17(21-19)24-13-18(23)22-10-4-3-5-11-22/h6-9,12H,3-5,10-11,13H2,1-2H3. The van der Waals surface area contributed by atoms with E-state index >= 15 is 0 Å². The molecule has 0 N–H and O–H groups in total. The molecule has 3 rings (SSSR count). The fraction of sp³-hybridized carbons (Fsp3) is 0.421. The summed E-state index contributed by atoms with van der Waals surface area (Å²) in [5.74, 6) is 1.10. The zero-order chi connectivity index (χ0) is 16.9. The topological polar surface area (TPSA) is 55.3 Å². The van der Waals surface area contributed by atoms with Crippen LogP contribution < -0.4 is 4.74 Å². The number of carbonyl (C=O) groups excluding carboxylic acids is 1. The largest absolute Gasteiger partial charge is 0.467 e. The van der Waals surface area contributed by atoms with Crippen LogP contribution >= 0.6 is 0 Å². The summed E-state index contributed by atoms with van der Waals surface area (Å²) >= 11 is 0. The highest BCUT2D eigenvalue weighted by Crippen LogP contribution is 2.19. The Balaban J connectivity index is 1.69. The number of piperidine rings is 1. The van der Waals surface area contributed by atoms with Gasteiger partial charge in [0, 0.05) is 30.4 Å². The van der Waals surface area contributed by atoms with E-state index in [4.69, 9.17) is 4.74 Å². The minimum atomic E-state index is 0.0304. The zero-order valence-electron chi connectivity index (χ0n) is 14.3. The van der Waals surface area contributed by atoms with E-state index in [9.17, 15) is 4.79 Å². The number of carbonyl (C=O) groups is 1. The van der Waals surface area contributed by atoms with Crippen LogP contribution in [-0.2, 0) is 4.79 Å². The predicted molar refractivity (Wildman–Crippen MR) is 92.9 cm³/mol. The second-order valence-corrected chi connectivity index (χ2v) is 6.27. The van der Waals surface area contributed by atoms with Crippen molar-refractivity contribution in [1.82, 2.24) is 14.9 Å². The molecule has 1 aromatic heterocycles. The maximum Gasteiger partial charge on any atom is 0.260 e. The summed E-state index contributed by atoms with van der Waals surface area (Å²) in [6.07, 6.45) is 3.36. The fourth-order valence-corrected chi connectivity index (χ4v) is 2.82. The van der Waals surface area contributed by atoms with Crippen molar-refractivity contribution in [3.63, 3.8) is 0 Å². The van der Waals surface area contributed by atoms with Crippen LogP contribution in [0.3, 0.4) is 0 Å². The van der Waals surface area contributed by atoms with Crippen molar-refractivity contribution in [1.29, 1.82) is 0 Å². The fourth-order valence-electron chi connectivity index (χ4n) is 2.82. The van der Waals surface area contributed by atoms with Crippen LogP contribution in [0.1, 0.15) is 30.5 Å². The van der Waals surface area contributed by atoms with E-state index in [2.05, 4.69) is 9.97 Å². The van der Waals surface area contributed by atoms with Crippen LogP contribution in [-0.4, -0.2) is 40.5 Å². The molecule has 0 atom stereocenters. The van der Waals surface area contributed by atoms with Gasteiger partial charge in [-0.1, -0.05) is 29.8 Å².